The number of anilines is 2. The Bertz CT molecular complexity index is 1270. The first-order chi connectivity index (χ1) is 16.2. The predicted molar refractivity (Wildman–Crippen MR) is 130 cm³/mol. The highest BCUT2D eigenvalue weighted by atomic mass is 32.2. The van der Waals surface area contributed by atoms with Gasteiger partial charge < -0.3 is 14.5 Å². The standard InChI is InChI=1S/C22H24N4O6S2/c1-4-20(28)23-17-11-8-15(12-19(17)31-3)18(27)13-33-22-25-24-21(32-22)14-6-9-16(10-7-14)26-34(29,30)5-2/h6-12,26H,4-5,13H2,1-3H3,(H,23,28). The third-order valence-corrected chi connectivity index (χ3v) is 6.76. The Morgan fingerprint density at radius 2 is 1.82 bits per heavy atom. The maximum absolute atomic E-state index is 12.6. The molecule has 0 saturated carbocycles. The fourth-order valence-electron chi connectivity index (χ4n) is 2.73. The Balaban J connectivity index is 1.62. The lowest BCUT2D eigenvalue weighted by Gasteiger charge is -2.11. The summed E-state index contributed by atoms with van der Waals surface area (Å²) >= 11 is 1.09. The number of carbonyl (C=O) groups is 2. The van der Waals surface area contributed by atoms with Crippen molar-refractivity contribution in [3.8, 4) is 17.2 Å². The highest BCUT2D eigenvalue weighted by molar-refractivity contribution is 7.99. The van der Waals surface area contributed by atoms with Gasteiger partial charge in [0.05, 0.1) is 24.3 Å². The van der Waals surface area contributed by atoms with Gasteiger partial charge in [-0.25, -0.2) is 8.42 Å². The van der Waals surface area contributed by atoms with E-state index in [1.54, 1.807) is 56.3 Å². The first kappa shape index (κ1) is 25.2. The van der Waals surface area contributed by atoms with Gasteiger partial charge >= 0.3 is 0 Å². The molecule has 0 aliphatic carbocycles. The van der Waals surface area contributed by atoms with E-state index in [2.05, 4.69) is 20.2 Å². The molecule has 3 aromatic rings. The van der Waals surface area contributed by atoms with Gasteiger partial charge in [-0.3, -0.25) is 14.3 Å². The van der Waals surface area contributed by atoms with Crippen LogP contribution in [0.1, 0.15) is 30.6 Å². The molecule has 12 heteroatoms. The maximum atomic E-state index is 12.6. The Kier molecular flexibility index (Phi) is 8.29. The van der Waals surface area contributed by atoms with Crippen LogP contribution < -0.4 is 14.8 Å². The minimum absolute atomic E-state index is 0.0237. The number of carbonyl (C=O) groups excluding carboxylic acids is 2. The van der Waals surface area contributed by atoms with Crippen molar-refractivity contribution in [2.24, 2.45) is 0 Å². The van der Waals surface area contributed by atoms with Crippen molar-refractivity contribution in [1.82, 2.24) is 10.2 Å². The molecule has 10 nitrogen and oxygen atoms in total. The quantitative estimate of drug-likeness (QED) is 0.294. The van der Waals surface area contributed by atoms with Gasteiger partial charge in [0.2, 0.25) is 21.8 Å². The first-order valence-electron chi connectivity index (χ1n) is 10.3. The predicted octanol–water partition coefficient (Wildman–Crippen LogP) is 3.83. The lowest BCUT2D eigenvalue weighted by molar-refractivity contribution is -0.115. The Hall–Kier alpha value is -3.38. The minimum Gasteiger partial charge on any atom is -0.495 e. The summed E-state index contributed by atoms with van der Waals surface area (Å²) in [6.07, 6.45) is 0.328. The molecule has 0 atom stereocenters. The molecule has 2 aromatic carbocycles. The summed E-state index contributed by atoms with van der Waals surface area (Å²) in [7, 11) is -1.90. The number of benzene rings is 2. The Morgan fingerprint density at radius 3 is 2.47 bits per heavy atom. The van der Waals surface area contributed by atoms with E-state index in [9.17, 15) is 18.0 Å². The summed E-state index contributed by atoms with van der Waals surface area (Å²) in [5.74, 6) is 0.341. The lowest BCUT2D eigenvalue weighted by Crippen LogP contribution is -2.14. The van der Waals surface area contributed by atoms with Gasteiger partial charge in [-0.1, -0.05) is 18.7 Å². The van der Waals surface area contributed by atoms with Crippen LogP contribution in [0.2, 0.25) is 0 Å². The van der Waals surface area contributed by atoms with E-state index < -0.39 is 10.0 Å². The van der Waals surface area contributed by atoms with E-state index in [1.807, 2.05) is 0 Å². The fraction of sp³-hybridized carbons (Fsp3) is 0.273. The number of ketones is 1. The molecule has 3 rings (SSSR count). The number of methoxy groups -OCH3 is 1. The van der Waals surface area contributed by atoms with Crippen LogP contribution >= 0.6 is 11.8 Å². The van der Waals surface area contributed by atoms with Crippen molar-refractivity contribution in [2.75, 3.05) is 28.7 Å². The zero-order chi connectivity index (χ0) is 24.7. The van der Waals surface area contributed by atoms with Crippen LogP contribution in [0.5, 0.6) is 5.75 Å². The number of nitrogens with zero attached hydrogens (tertiary/aromatic N) is 2. The number of hydrogen-bond acceptors (Lipinski definition) is 9. The molecule has 1 heterocycles. The van der Waals surface area contributed by atoms with E-state index in [0.717, 1.165) is 11.8 Å². The normalized spacial score (nSPS) is 11.1. The second-order valence-corrected chi connectivity index (χ2v) is 9.92. The number of aromatic nitrogens is 2. The maximum Gasteiger partial charge on any atom is 0.277 e. The molecule has 180 valence electrons. The van der Waals surface area contributed by atoms with Gasteiger partial charge in [-0.15, -0.1) is 10.2 Å². The summed E-state index contributed by atoms with van der Waals surface area (Å²) < 4.78 is 36.7. The minimum atomic E-state index is -3.36. The Morgan fingerprint density at radius 1 is 1.09 bits per heavy atom. The summed E-state index contributed by atoms with van der Waals surface area (Å²) in [5, 5.41) is 10.9. The largest absolute Gasteiger partial charge is 0.495 e. The molecular formula is C22H24N4O6S2. The molecule has 0 aliphatic heterocycles. The van der Waals surface area contributed by atoms with Crippen molar-refractivity contribution in [3.63, 3.8) is 0 Å². The van der Waals surface area contributed by atoms with Gasteiger partial charge in [-0.2, -0.15) is 0 Å². The second kappa shape index (κ2) is 11.2. The molecule has 1 aromatic heterocycles. The van der Waals surface area contributed by atoms with Gasteiger partial charge in [0.1, 0.15) is 5.75 Å². The zero-order valence-electron chi connectivity index (χ0n) is 18.8. The van der Waals surface area contributed by atoms with Crippen LogP contribution in [0, 0.1) is 0 Å². The van der Waals surface area contributed by atoms with Crippen LogP contribution in [-0.2, 0) is 14.8 Å². The number of sulfonamides is 1. The zero-order valence-corrected chi connectivity index (χ0v) is 20.5. The third-order valence-electron chi connectivity index (χ3n) is 4.64. The first-order valence-corrected chi connectivity index (χ1v) is 13.0. The molecule has 2 N–H and O–H groups in total. The molecule has 0 bridgehead atoms. The molecule has 0 fully saturated rings. The van der Waals surface area contributed by atoms with Gasteiger partial charge in [-0.05, 0) is 49.4 Å². The number of nitrogens with one attached hydrogen (secondary N) is 2. The monoisotopic (exact) mass is 504 g/mol. The number of Topliss-reactive ketones (excluding diaryl/α,β-unsaturated/α-hetero) is 1. The number of amides is 1. The molecule has 34 heavy (non-hydrogen) atoms. The highest BCUT2D eigenvalue weighted by Gasteiger charge is 2.15. The van der Waals surface area contributed by atoms with E-state index in [0.29, 0.717) is 34.7 Å². The van der Waals surface area contributed by atoms with Crippen molar-refractivity contribution in [3.05, 3.63) is 48.0 Å². The van der Waals surface area contributed by atoms with Crippen molar-refractivity contribution in [1.29, 1.82) is 0 Å². The van der Waals surface area contributed by atoms with Crippen LogP contribution in [-0.4, -0.2) is 48.9 Å². The molecular weight excluding hydrogens is 480 g/mol. The second-order valence-electron chi connectivity index (χ2n) is 6.98. The molecule has 0 spiro atoms. The van der Waals surface area contributed by atoms with E-state index in [4.69, 9.17) is 9.15 Å². The molecule has 0 saturated heterocycles. The molecule has 1 amide bonds. The smallest absolute Gasteiger partial charge is 0.277 e. The molecule has 0 unspecified atom stereocenters. The number of hydrogen-bond donors (Lipinski definition) is 2. The number of rotatable bonds is 11. The topological polar surface area (TPSA) is 140 Å². The lowest BCUT2D eigenvalue weighted by atomic mass is 10.1. The molecule has 0 aliphatic rings. The third kappa shape index (κ3) is 6.58. The fourth-order valence-corrected chi connectivity index (χ4v) is 4.03. The van der Waals surface area contributed by atoms with Crippen molar-refractivity contribution < 1.29 is 27.2 Å². The average Bonchev–Trinajstić information content (AvgIpc) is 3.32. The van der Waals surface area contributed by atoms with Crippen LogP contribution in [0.4, 0.5) is 11.4 Å². The van der Waals surface area contributed by atoms with Crippen molar-refractivity contribution in [2.45, 2.75) is 25.5 Å². The van der Waals surface area contributed by atoms with Crippen LogP contribution in [0.25, 0.3) is 11.5 Å². The van der Waals surface area contributed by atoms with Crippen molar-refractivity contribution >= 4 is 44.9 Å². The van der Waals surface area contributed by atoms with Gasteiger partial charge in [0, 0.05) is 23.2 Å². The van der Waals surface area contributed by atoms with E-state index in [1.165, 1.54) is 7.11 Å². The van der Waals surface area contributed by atoms with Gasteiger partial charge in [0.15, 0.2) is 5.78 Å². The summed E-state index contributed by atoms with van der Waals surface area (Å²) in [6.45, 7) is 3.30. The Labute approximate surface area is 201 Å². The number of thioether (sulfide) groups is 1. The van der Waals surface area contributed by atoms with E-state index in [-0.39, 0.29) is 34.3 Å². The summed E-state index contributed by atoms with van der Waals surface area (Å²) in [6, 6.07) is 11.3. The SMILES string of the molecule is CCC(=O)Nc1ccc(C(=O)CSc2nnc(-c3ccc(NS(=O)(=O)CC)cc3)o2)cc1OC. The number of ether oxygens (including phenoxy) is 1. The van der Waals surface area contributed by atoms with E-state index >= 15 is 0 Å². The van der Waals surface area contributed by atoms with Gasteiger partial charge in [0.25, 0.3) is 5.22 Å². The average molecular weight is 505 g/mol. The highest BCUT2D eigenvalue weighted by Crippen LogP contribution is 2.28. The summed E-state index contributed by atoms with van der Waals surface area (Å²) in [5.41, 5.74) is 1.96. The van der Waals surface area contributed by atoms with Crippen LogP contribution in [0.3, 0.4) is 0 Å². The van der Waals surface area contributed by atoms with Crippen LogP contribution in [0.15, 0.2) is 52.1 Å². The summed E-state index contributed by atoms with van der Waals surface area (Å²) in [4.78, 5) is 24.2. The molecule has 0 radical (unpaired) electrons.